The standard InChI is InChI=1S/C11H19N5O2/c1-16-8-14-10(15-16)2-3-13-11(17)6-9-7-12-4-5-18-9/h8-9,12H,2-7H2,1H3,(H,13,17). The molecular weight excluding hydrogens is 234 g/mol. The van der Waals surface area contributed by atoms with Crippen molar-refractivity contribution >= 4 is 5.91 Å². The zero-order chi connectivity index (χ0) is 12.8. The first-order chi connectivity index (χ1) is 8.74. The zero-order valence-electron chi connectivity index (χ0n) is 10.6. The van der Waals surface area contributed by atoms with Crippen LogP contribution in [0.1, 0.15) is 12.2 Å². The molecule has 0 aromatic carbocycles. The highest BCUT2D eigenvalue weighted by atomic mass is 16.5. The molecule has 0 radical (unpaired) electrons. The lowest BCUT2D eigenvalue weighted by Crippen LogP contribution is -2.41. The van der Waals surface area contributed by atoms with Crippen LogP contribution >= 0.6 is 0 Å². The molecule has 1 aliphatic rings. The average Bonchev–Trinajstić information content (AvgIpc) is 2.76. The maximum Gasteiger partial charge on any atom is 0.222 e. The molecule has 100 valence electrons. The number of aromatic nitrogens is 3. The van der Waals surface area contributed by atoms with Crippen LogP contribution in [0.15, 0.2) is 6.33 Å². The second-order valence-corrected chi connectivity index (χ2v) is 4.34. The molecule has 1 aromatic rings. The van der Waals surface area contributed by atoms with Crippen molar-refractivity contribution in [1.29, 1.82) is 0 Å². The largest absolute Gasteiger partial charge is 0.375 e. The Labute approximate surface area is 106 Å². The van der Waals surface area contributed by atoms with E-state index >= 15 is 0 Å². The molecule has 0 spiro atoms. The third kappa shape index (κ3) is 4.08. The summed E-state index contributed by atoms with van der Waals surface area (Å²) in [5.41, 5.74) is 0. The summed E-state index contributed by atoms with van der Waals surface area (Å²) >= 11 is 0. The molecule has 7 nitrogen and oxygen atoms in total. The van der Waals surface area contributed by atoms with E-state index in [4.69, 9.17) is 4.74 Å². The van der Waals surface area contributed by atoms with Gasteiger partial charge in [-0.1, -0.05) is 0 Å². The fourth-order valence-corrected chi connectivity index (χ4v) is 1.84. The van der Waals surface area contributed by atoms with Gasteiger partial charge in [0.2, 0.25) is 5.91 Å². The van der Waals surface area contributed by atoms with Gasteiger partial charge >= 0.3 is 0 Å². The van der Waals surface area contributed by atoms with Crippen molar-refractivity contribution in [3.05, 3.63) is 12.2 Å². The lowest BCUT2D eigenvalue weighted by molar-refractivity contribution is -0.124. The van der Waals surface area contributed by atoms with E-state index in [0.29, 0.717) is 26.0 Å². The second kappa shape index (κ2) is 6.46. The number of nitrogens with zero attached hydrogens (tertiary/aromatic N) is 3. The van der Waals surface area contributed by atoms with Gasteiger partial charge in [0.15, 0.2) is 5.82 Å². The molecule has 1 aromatic heterocycles. The van der Waals surface area contributed by atoms with Gasteiger partial charge in [0.05, 0.1) is 19.1 Å². The van der Waals surface area contributed by atoms with E-state index < -0.39 is 0 Å². The Morgan fingerprint density at radius 1 is 1.72 bits per heavy atom. The van der Waals surface area contributed by atoms with Crippen LogP contribution in [0.4, 0.5) is 0 Å². The Morgan fingerprint density at radius 2 is 2.61 bits per heavy atom. The van der Waals surface area contributed by atoms with Crippen LogP contribution in [-0.2, 0) is 23.0 Å². The molecule has 2 rings (SSSR count). The van der Waals surface area contributed by atoms with E-state index in [-0.39, 0.29) is 12.0 Å². The van der Waals surface area contributed by atoms with Crippen LogP contribution < -0.4 is 10.6 Å². The van der Waals surface area contributed by atoms with Gasteiger partial charge in [-0.25, -0.2) is 4.98 Å². The summed E-state index contributed by atoms with van der Waals surface area (Å²) < 4.78 is 7.12. The topological polar surface area (TPSA) is 81.1 Å². The second-order valence-electron chi connectivity index (χ2n) is 4.34. The van der Waals surface area contributed by atoms with Crippen molar-refractivity contribution in [1.82, 2.24) is 25.4 Å². The number of morpholine rings is 1. The third-order valence-corrected chi connectivity index (χ3v) is 2.74. The van der Waals surface area contributed by atoms with Crippen molar-refractivity contribution in [3.8, 4) is 0 Å². The van der Waals surface area contributed by atoms with Gasteiger partial charge in [0.25, 0.3) is 0 Å². The van der Waals surface area contributed by atoms with Gasteiger partial charge in [0, 0.05) is 33.1 Å². The molecule has 1 atom stereocenters. The number of amides is 1. The lowest BCUT2D eigenvalue weighted by Gasteiger charge is -2.22. The molecule has 0 aliphatic carbocycles. The molecule has 0 saturated carbocycles. The molecule has 1 fully saturated rings. The van der Waals surface area contributed by atoms with E-state index in [1.807, 2.05) is 7.05 Å². The summed E-state index contributed by atoms with van der Waals surface area (Å²) in [5, 5.41) is 10.2. The van der Waals surface area contributed by atoms with Crippen LogP contribution in [0.5, 0.6) is 0 Å². The zero-order valence-corrected chi connectivity index (χ0v) is 10.6. The number of carbonyl (C=O) groups excluding carboxylic acids is 1. The fraction of sp³-hybridized carbons (Fsp3) is 0.727. The smallest absolute Gasteiger partial charge is 0.222 e. The van der Waals surface area contributed by atoms with Crippen molar-refractivity contribution in [2.45, 2.75) is 18.9 Å². The van der Waals surface area contributed by atoms with Gasteiger partial charge in [-0.05, 0) is 0 Å². The Bertz CT molecular complexity index is 387. The molecule has 1 amide bonds. The third-order valence-electron chi connectivity index (χ3n) is 2.74. The molecule has 2 N–H and O–H groups in total. The highest BCUT2D eigenvalue weighted by Gasteiger charge is 2.16. The van der Waals surface area contributed by atoms with E-state index in [1.54, 1.807) is 11.0 Å². The number of aryl methyl sites for hydroxylation is 1. The van der Waals surface area contributed by atoms with Crippen LogP contribution in [0.2, 0.25) is 0 Å². The van der Waals surface area contributed by atoms with Gasteiger partial charge in [0.1, 0.15) is 6.33 Å². The minimum absolute atomic E-state index is 0.00766. The van der Waals surface area contributed by atoms with Crippen molar-refractivity contribution < 1.29 is 9.53 Å². The molecule has 1 saturated heterocycles. The Balaban J connectivity index is 1.62. The summed E-state index contributed by atoms with van der Waals surface area (Å²) in [6, 6.07) is 0. The van der Waals surface area contributed by atoms with Crippen molar-refractivity contribution in [3.63, 3.8) is 0 Å². The maximum absolute atomic E-state index is 11.6. The monoisotopic (exact) mass is 253 g/mol. The summed E-state index contributed by atoms with van der Waals surface area (Å²) in [7, 11) is 1.82. The number of ether oxygens (including phenoxy) is 1. The maximum atomic E-state index is 11.6. The number of nitrogens with one attached hydrogen (secondary N) is 2. The highest BCUT2D eigenvalue weighted by molar-refractivity contribution is 5.76. The Morgan fingerprint density at radius 3 is 3.28 bits per heavy atom. The van der Waals surface area contributed by atoms with Crippen molar-refractivity contribution in [2.75, 3.05) is 26.2 Å². The van der Waals surface area contributed by atoms with Gasteiger partial charge in [-0.3, -0.25) is 9.48 Å². The predicted molar refractivity (Wildman–Crippen MR) is 64.9 cm³/mol. The summed E-state index contributed by atoms with van der Waals surface area (Å²) in [4.78, 5) is 15.7. The van der Waals surface area contributed by atoms with Gasteiger partial charge < -0.3 is 15.4 Å². The number of hydrogen-bond acceptors (Lipinski definition) is 5. The molecule has 1 aliphatic heterocycles. The van der Waals surface area contributed by atoms with E-state index in [1.165, 1.54) is 0 Å². The summed E-state index contributed by atoms with van der Waals surface area (Å²) in [6.07, 6.45) is 2.70. The first kappa shape index (κ1) is 13.0. The van der Waals surface area contributed by atoms with E-state index in [9.17, 15) is 4.79 Å². The first-order valence-electron chi connectivity index (χ1n) is 6.17. The Kier molecular flexibility index (Phi) is 4.66. The molecular formula is C11H19N5O2. The Hall–Kier alpha value is -1.47. The molecule has 1 unspecified atom stereocenters. The van der Waals surface area contributed by atoms with Crippen molar-refractivity contribution in [2.24, 2.45) is 7.05 Å². The fourth-order valence-electron chi connectivity index (χ4n) is 1.84. The van der Waals surface area contributed by atoms with E-state index in [2.05, 4.69) is 20.7 Å². The van der Waals surface area contributed by atoms with Crippen LogP contribution in [0, 0.1) is 0 Å². The minimum atomic E-state index is -0.00766. The lowest BCUT2D eigenvalue weighted by atomic mass is 10.2. The first-order valence-corrected chi connectivity index (χ1v) is 6.17. The SMILES string of the molecule is Cn1cnc(CCNC(=O)CC2CNCCO2)n1. The molecule has 7 heteroatoms. The molecule has 0 bridgehead atoms. The van der Waals surface area contributed by atoms with Gasteiger partial charge in [-0.15, -0.1) is 0 Å². The predicted octanol–water partition coefficient (Wildman–Crippen LogP) is -1.15. The van der Waals surface area contributed by atoms with Crippen LogP contribution in [0.3, 0.4) is 0 Å². The number of rotatable bonds is 5. The highest BCUT2D eigenvalue weighted by Crippen LogP contribution is 2.01. The molecule has 2 heterocycles. The van der Waals surface area contributed by atoms with E-state index in [0.717, 1.165) is 18.9 Å². The summed E-state index contributed by atoms with van der Waals surface area (Å²) in [6.45, 7) is 2.84. The summed E-state index contributed by atoms with van der Waals surface area (Å²) in [5.74, 6) is 0.757. The quantitative estimate of drug-likeness (QED) is 0.693. The number of carbonyl (C=O) groups is 1. The van der Waals surface area contributed by atoms with Gasteiger partial charge in [-0.2, -0.15) is 5.10 Å². The minimum Gasteiger partial charge on any atom is -0.375 e. The average molecular weight is 253 g/mol. The van der Waals surface area contributed by atoms with Crippen LogP contribution in [-0.4, -0.2) is 53.0 Å². The molecule has 18 heavy (non-hydrogen) atoms. The number of hydrogen-bond donors (Lipinski definition) is 2. The van der Waals surface area contributed by atoms with Crippen LogP contribution in [0.25, 0.3) is 0 Å². The normalized spacial score (nSPS) is 19.7.